The number of hydrogen-bond acceptors (Lipinski definition) is 5. The van der Waals surface area contributed by atoms with Gasteiger partial charge in [-0.1, -0.05) is 11.6 Å². The number of piperazine rings is 1. The largest absolute Gasteiger partial charge is 0.449 e. The summed E-state index contributed by atoms with van der Waals surface area (Å²) in [6.07, 6.45) is 0. The average Bonchev–Trinajstić information content (AvgIpc) is 2.88. The molecule has 0 aliphatic carbocycles. The summed E-state index contributed by atoms with van der Waals surface area (Å²) in [5.74, 6) is 0.705. The lowest BCUT2D eigenvalue weighted by atomic mass is 10.2. The SMILES string of the molecule is Cc1ccc2oc3c(=O)[nH]c(CN4CCN(C)CC4)nc3c2c1. The van der Waals surface area contributed by atoms with E-state index >= 15 is 0 Å². The maximum atomic E-state index is 12.3. The number of likely N-dealkylation sites (N-methyl/N-ethyl adjacent to an activating group) is 1. The summed E-state index contributed by atoms with van der Waals surface area (Å²) < 4.78 is 5.67. The van der Waals surface area contributed by atoms with E-state index in [0.29, 0.717) is 29.1 Å². The molecule has 3 aromatic rings. The molecular weight excluding hydrogens is 292 g/mol. The second-order valence-corrected chi connectivity index (χ2v) is 6.37. The molecule has 1 saturated heterocycles. The topological polar surface area (TPSA) is 65.4 Å². The standard InChI is InChI=1S/C17H20N4O2/c1-11-3-4-13-12(9-11)15-16(23-13)17(22)19-14(18-15)10-21-7-5-20(2)6-8-21/h3-4,9H,5-8,10H2,1-2H3,(H,18,19,22). The van der Waals surface area contributed by atoms with Gasteiger partial charge in [-0.05, 0) is 26.1 Å². The number of benzene rings is 1. The number of nitrogens with one attached hydrogen (secondary N) is 1. The first-order valence-corrected chi connectivity index (χ1v) is 7.93. The highest BCUT2D eigenvalue weighted by molar-refractivity contribution is 6.02. The fraction of sp³-hybridized carbons (Fsp3) is 0.412. The summed E-state index contributed by atoms with van der Waals surface area (Å²) in [7, 11) is 2.13. The van der Waals surface area contributed by atoms with Gasteiger partial charge < -0.3 is 14.3 Å². The van der Waals surface area contributed by atoms with E-state index < -0.39 is 0 Å². The number of aromatic amines is 1. The van der Waals surface area contributed by atoms with Gasteiger partial charge in [0.25, 0.3) is 5.56 Å². The smallest absolute Gasteiger partial charge is 0.294 e. The van der Waals surface area contributed by atoms with E-state index in [1.165, 1.54) is 0 Å². The third-order valence-electron chi connectivity index (χ3n) is 4.50. The molecule has 0 atom stereocenters. The van der Waals surface area contributed by atoms with E-state index in [1.807, 2.05) is 25.1 Å². The Kier molecular flexibility index (Phi) is 3.43. The van der Waals surface area contributed by atoms with E-state index in [-0.39, 0.29) is 5.56 Å². The Morgan fingerprint density at radius 3 is 2.83 bits per heavy atom. The fourth-order valence-corrected chi connectivity index (χ4v) is 3.11. The van der Waals surface area contributed by atoms with Crippen LogP contribution in [0.1, 0.15) is 11.4 Å². The first-order chi connectivity index (χ1) is 11.1. The highest BCUT2D eigenvalue weighted by atomic mass is 16.3. The maximum Gasteiger partial charge on any atom is 0.294 e. The lowest BCUT2D eigenvalue weighted by Gasteiger charge is -2.31. The minimum atomic E-state index is -0.201. The van der Waals surface area contributed by atoms with Gasteiger partial charge in [0.2, 0.25) is 5.58 Å². The molecule has 23 heavy (non-hydrogen) atoms. The molecular formula is C17H20N4O2. The molecule has 6 nitrogen and oxygen atoms in total. The Balaban J connectivity index is 1.75. The van der Waals surface area contributed by atoms with E-state index in [0.717, 1.165) is 37.1 Å². The summed E-state index contributed by atoms with van der Waals surface area (Å²) in [6, 6.07) is 5.89. The molecule has 1 N–H and O–H groups in total. The second-order valence-electron chi connectivity index (χ2n) is 6.37. The van der Waals surface area contributed by atoms with Crippen molar-refractivity contribution in [2.45, 2.75) is 13.5 Å². The predicted molar refractivity (Wildman–Crippen MR) is 89.6 cm³/mol. The van der Waals surface area contributed by atoms with Crippen LogP contribution in [0.2, 0.25) is 0 Å². The van der Waals surface area contributed by atoms with Crippen LogP contribution in [0, 0.1) is 6.92 Å². The van der Waals surface area contributed by atoms with Crippen LogP contribution < -0.4 is 5.56 Å². The molecule has 0 radical (unpaired) electrons. The van der Waals surface area contributed by atoms with Crippen LogP contribution >= 0.6 is 0 Å². The van der Waals surface area contributed by atoms with Crippen LogP contribution in [-0.4, -0.2) is 53.0 Å². The Hall–Kier alpha value is -2.18. The predicted octanol–water partition coefficient (Wildman–Crippen LogP) is 1.73. The second kappa shape index (κ2) is 5.47. The van der Waals surface area contributed by atoms with Crippen molar-refractivity contribution in [1.82, 2.24) is 19.8 Å². The lowest BCUT2D eigenvalue weighted by Crippen LogP contribution is -2.44. The van der Waals surface area contributed by atoms with E-state index in [2.05, 4.69) is 26.8 Å². The van der Waals surface area contributed by atoms with Crippen molar-refractivity contribution in [2.24, 2.45) is 0 Å². The van der Waals surface area contributed by atoms with Gasteiger partial charge >= 0.3 is 0 Å². The van der Waals surface area contributed by atoms with Crippen LogP contribution in [0.25, 0.3) is 22.1 Å². The van der Waals surface area contributed by atoms with Crippen LogP contribution in [0.15, 0.2) is 27.4 Å². The molecule has 1 aliphatic heterocycles. The van der Waals surface area contributed by atoms with Gasteiger partial charge in [-0.3, -0.25) is 9.69 Å². The summed E-state index contributed by atoms with van der Waals surface area (Å²) in [4.78, 5) is 24.5. The molecule has 0 unspecified atom stereocenters. The first-order valence-electron chi connectivity index (χ1n) is 7.93. The number of H-pyrrole nitrogens is 1. The summed E-state index contributed by atoms with van der Waals surface area (Å²) >= 11 is 0. The third-order valence-corrected chi connectivity index (χ3v) is 4.50. The van der Waals surface area contributed by atoms with Gasteiger partial charge in [-0.2, -0.15) is 0 Å². The summed E-state index contributed by atoms with van der Waals surface area (Å²) in [5.41, 5.74) is 2.61. The lowest BCUT2D eigenvalue weighted by molar-refractivity contribution is 0.145. The van der Waals surface area contributed by atoms with Gasteiger partial charge in [0.05, 0.1) is 6.54 Å². The van der Waals surface area contributed by atoms with Crippen molar-refractivity contribution in [3.8, 4) is 0 Å². The number of fused-ring (bicyclic) bond motifs is 3. The highest BCUT2D eigenvalue weighted by Gasteiger charge is 2.17. The van der Waals surface area contributed by atoms with Gasteiger partial charge in [0.15, 0.2) is 0 Å². The molecule has 120 valence electrons. The zero-order valence-electron chi connectivity index (χ0n) is 13.4. The molecule has 0 bridgehead atoms. The normalized spacial score (nSPS) is 17.3. The van der Waals surface area contributed by atoms with Crippen LogP contribution in [0.3, 0.4) is 0 Å². The molecule has 1 aromatic carbocycles. The van der Waals surface area contributed by atoms with Gasteiger partial charge in [-0.25, -0.2) is 4.98 Å². The Bertz CT molecular complexity index is 919. The number of aromatic nitrogens is 2. The van der Waals surface area contributed by atoms with Crippen molar-refractivity contribution in [3.05, 3.63) is 39.9 Å². The van der Waals surface area contributed by atoms with Crippen molar-refractivity contribution < 1.29 is 4.42 Å². The molecule has 2 aromatic heterocycles. The fourth-order valence-electron chi connectivity index (χ4n) is 3.11. The number of furan rings is 1. The summed E-state index contributed by atoms with van der Waals surface area (Å²) in [6.45, 7) is 6.75. The van der Waals surface area contributed by atoms with Gasteiger partial charge in [-0.15, -0.1) is 0 Å². The zero-order chi connectivity index (χ0) is 16.0. The molecule has 1 aliphatic rings. The van der Waals surface area contributed by atoms with Crippen LogP contribution in [0.4, 0.5) is 0 Å². The summed E-state index contributed by atoms with van der Waals surface area (Å²) in [5, 5.41) is 0.908. The van der Waals surface area contributed by atoms with Crippen LogP contribution in [0.5, 0.6) is 0 Å². The molecule has 0 amide bonds. The maximum absolute atomic E-state index is 12.3. The van der Waals surface area contributed by atoms with Crippen LogP contribution in [-0.2, 0) is 6.54 Å². The van der Waals surface area contributed by atoms with Gasteiger partial charge in [0.1, 0.15) is 16.9 Å². The third kappa shape index (κ3) is 2.64. The molecule has 4 rings (SSSR count). The number of aryl methyl sites for hydroxylation is 1. The van der Waals surface area contributed by atoms with E-state index in [1.54, 1.807) is 0 Å². The van der Waals surface area contributed by atoms with E-state index in [4.69, 9.17) is 4.42 Å². The minimum absolute atomic E-state index is 0.201. The first kappa shape index (κ1) is 14.4. The number of rotatable bonds is 2. The minimum Gasteiger partial charge on any atom is -0.449 e. The molecule has 0 saturated carbocycles. The Morgan fingerprint density at radius 2 is 2.04 bits per heavy atom. The van der Waals surface area contributed by atoms with Crippen molar-refractivity contribution in [3.63, 3.8) is 0 Å². The highest BCUT2D eigenvalue weighted by Crippen LogP contribution is 2.25. The quantitative estimate of drug-likeness (QED) is 0.780. The Morgan fingerprint density at radius 1 is 1.26 bits per heavy atom. The van der Waals surface area contributed by atoms with Crippen molar-refractivity contribution in [1.29, 1.82) is 0 Å². The molecule has 1 fully saturated rings. The number of hydrogen-bond donors (Lipinski definition) is 1. The van der Waals surface area contributed by atoms with Gasteiger partial charge in [0, 0.05) is 31.6 Å². The monoisotopic (exact) mass is 312 g/mol. The molecule has 3 heterocycles. The van der Waals surface area contributed by atoms with Crippen molar-refractivity contribution in [2.75, 3.05) is 33.2 Å². The van der Waals surface area contributed by atoms with E-state index in [9.17, 15) is 4.79 Å². The zero-order valence-corrected chi connectivity index (χ0v) is 13.4. The average molecular weight is 312 g/mol. The molecule has 0 spiro atoms. The van der Waals surface area contributed by atoms with Crippen molar-refractivity contribution >= 4 is 22.1 Å². The Labute approximate surface area is 133 Å². The molecule has 6 heteroatoms. The number of nitrogens with zero attached hydrogens (tertiary/aromatic N) is 3.